The van der Waals surface area contributed by atoms with Crippen LogP contribution >= 0.6 is 0 Å². The number of amides is 1. The molecule has 1 amide bonds. The van der Waals surface area contributed by atoms with Crippen LogP contribution in [0.4, 0.5) is 5.82 Å². The molecule has 0 spiro atoms. The quantitative estimate of drug-likeness (QED) is 0.789. The maximum Gasteiger partial charge on any atom is 0.236 e. The lowest BCUT2D eigenvalue weighted by atomic mass is 10.3. The van der Waals surface area contributed by atoms with Crippen LogP contribution in [0.1, 0.15) is 5.69 Å². The van der Waals surface area contributed by atoms with Gasteiger partial charge in [0.25, 0.3) is 0 Å². The number of likely N-dealkylation sites (N-methyl/N-ethyl adjacent to an activating group) is 2. The van der Waals surface area contributed by atoms with Gasteiger partial charge in [0, 0.05) is 20.6 Å². The first-order chi connectivity index (χ1) is 7.49. The highest BCUT2D eigenvalue weighted by molar-refractivity contribution is 5.77. The van der Waals surface area contributed by atoms with E-state index in [0.29, 0.717) is 18.9 Å². The number of aromatic nitrogens is 1. The number of hydrogen-bond acceptors (Lipinski definition) is 4. The molecule has 0 aromatic carbocycles. The van der Waals surface area contributed by atoms with Gasteiger partial charge in [0.2, 0.25) is 5.91 Å². The molecular weight excluding hydrogens is 204 g/mol. The highest BCUT2D eigenvalue weighted by Gasteiger charge is 2.09. The van der Waals surface area contributed by atoms with Crippen LogP contribution in [-0.4, -0.2) is 48.4 Å². The van der Waals surface area contributed by atoms with Crippen molar-refractivity contribution in [3.63, 3.8) is 0 Å². The lowest BCUT2D eigenvalue weighted by molar-refractivity contribution is -0.129. The molecule has 2 N–H and O–H groups in total. The number of carbonyl (C=O) groups excluding carboxylic acids is 1. The van der Waals surface area contributed by atoms with Crippen LogP contribution in [0.3, 0.4) is 0 Å². The van der Waals surface area contributed by atoms with Gasteiger partial charge >= 0.3 is 0 Å². The van der Waals surface area contributed by atoms with Crippen molar-refractivity contribution < 1.29 is 4.79 Å². The summed E-state index contributed by atoms with van der Waals surface area (Å²) in [7, 11) is 5.37. The summed E-state index contributed by atoms with van der Waals surface area (Å²) >= 11 is 0. The van der Waals surface area contributed by atoms with Gasteiger partial charge in [-0.1, -0.05) is 6.07 Å². The molecule has 0 atom stereocenters. The fraction of sp³-hybridized carbons (Fsp3) is 0.455. The van der Waals surface area contributed by atoms with Crippen LogP contribution < -0.4 is 5.73 Å². The van der Waals surface area contributed by atoms with Crippen molar-refractivity contribution in [1.82, 2.24) is 14.8 Å². The van der Waals surface area contributed by atoms with Gasteiger partial charge in [0.05, 0.1) is 12.2 Å². The van der Waals surface area contributed by atoms with Crippen LogP contribution in [0, 0.1) is 0 Å². The fourth-order valence-electron chi connectivity index (χ4n) is 1.29. The van der Waals surface area contributed by atoms with E-state index in [0.717, 1.165) is 5.69 Å². The highest BCUT2D eigenvalue weighted by Crippen LogP contribution is 2.03. The second kappa shape index (κ2) is 5.46. The summed E-state index contributed by atoms with van der Waals surface area (Å²) in [6.45, 7) is 0.994. The largest absolute Gasteiger partial charge is 0.384 e. The molecule has 5 nitrogen and oxygen atoms in total. The summed E-state index contributed by atoms with van der Waals surface area (Å²) in [5.41, 5.74) is 6.45. The monoisotopic (exact) mass is 222 g/mol. The van der Waals surface area contributed by atoms with Crippen molar-refractivity contribution in [2.24, 2.45) is 0 Å². The zero-order valence-electron chi connectivity index (χ0n) is 9.97. The average molecular weight is 222 g/mol. The number of hydrogen-bond donors (Lipinski definition) is 1. The number of carbonyl (C=O) groups is 1. The van der Waals surface area contributed by atoms with E-state index < -0.39 is 0 Å². The van der Waals surface area contributed by atoms with Crippen LogP contribution in [-0.2, 0) is 11.3 Å². The summed E-state index contributed by atoms with van der Waals surface area (Å²) in [4.78, 5) is 19.1. The highest BCUT2D eigenvalue weighted by atomic mass is 16.2. The van der Waals surface area contributed by atoms with Gasteiger partial charge in [-0.2, -0.15) is 0 Å². The van der Waals surface area contributed by atoms with Crippen LogP contribution in [0.15, 0.2) is 18.2 Å². The van der Waals surface area contributed by atoms with E-state index in [1.54, 1.807) is 25.1 Å². The molecule has 1 aromatic rings. The van der Waals surface area contributed by atoms with E-state index in [9.17, 15) is 4.79 Å². The Balaban J connectivity index is 2.51. The molecule has 0 saturated heterocycles. The Labute approximate surface area is 95.9 Å². The average Bonchev–Trinajstić information content (AvgIpc) is 2.16. The van der Waals surface area contributed by atoms with Gasteiger partial charge in [-0.15, -0.1) is 0 Å². The summed E-state index contributed by atoms with van der Waals surface area (Å²) in [6, 6.07) is 5.50. The third-order valence-corrected chi connectivity index (χ3v) is 2.16. The maximum atomic E-state index is 11.4. The molecule has 0 aliphatic carbocycles. The molecule has 0 fully saturated rings. The smallest absolute Gasteiger partial charge is 0.236 e. The lowest BCUT2D eigenvalue weighted by Crippen LogP contribution is -2.34. The van der Waals surface area contributed by atoms with Crippen molar-refractivity contribution in [1.29, 1.82) is 0 Å². The van der Waals surface area contributed by atoms with E-state index in [1.165, 1.54) is 0 Å². The summed E-state index contributed by atoms with van der Waals surface area (Å²) in [6.07, 6.45) is 0. The third-order valence-electron chi connectivity index (χ3n) is 2.16. The molecular formula is C11H18N4O. The number of nitrogen functional groups attached to an aromatic ring is 1. The van der Waals surface area contributed by atoms with E-state index in [4.69, 9.17) is 5.73 Å². The summed E-state index contributed by atoms with van der Waals surface area (Å²) in [5.74, 6) is 0.580. The normalized spacial score (nSPS) is 10.5. The van der Waals surface area contributed by atoms with Gasteiger partial charge in [0.15, 0.2) is 0 Å². The maximum absolute atomic E-state index is 11.4. The Morgan fingerprint density at radius 2 is 2.06 bits per heavy atom. The van der Waals surface area contributed by atoms with Crippen molar-refractivity contribution in [3.05, 3.63) is 23.9 Å². The molecule has 0 aliphatic heterocycles. The van der Waals surface area contributed by atoms with Gasteiger partial charge in [-0.05, 0) is 19.2 Å². The van der Waals surface area contributed by atoms with Crippen molar-refractivity contribution >= 4 is 11.7 Å². The molecule has 1 heterocycles. The summed E-state index contributed by atoms with van der Waals surface area (Å²) < 4.78 is 0. The number of nitrogens with zero attached hydrogens (tertiary/aromatic N) is 3. The SMILES string of the molecule is CN(CC(=O)N(C)C)Cc1cccc(N)n1. The molecule has 0 bridgehead atoms. The predicted molar refractivity (Wildman–Crippen MR) is 63.7 cm³/mol. The van der Waals surface area contributed by atoms with Crippen molar-refractivity contribution in [3.8, 4) is 0 Å². The number of anilines is 1. The standard InChI is InChI=1S/C11H18N4O/c1-14(2)11(16)8-15(3)7-9-5-4-6-10(12)13-9/h4-6H,7-8H2,1-3H3,(H2,12,13). The molecule has 0 unspecified atom stereocenters. The summed E-state index contributed by atoms with van der Waals surface area (Å²) in [5, 5.41) is 0. The molecule has 1 aromatic heterocycles. The van der Waals surface area contributed by atoms with E-state index in [1.807, 2.05) is 24.1 Å². The minimum Gasteiger partial charge on any atom is -0.384 e. The first kappa shape index (κ1) is 12.4. The van der Waals surface area contributed by atoms with Gasteiger partial charge < -0.3 is 10.6 Å². The fourth-order valence-corrected chi connectivity index (χ4v) is 1.29. The van der Waals surface area contributed by atoms with Crippen LogP contribution in [0.2, 0.25) is 0 Å². The van der Waals surface area contributed by atoms with E-state index in [-0.39, 0.29) is 5.91 Å². The molecule has 16 heavy (non-hydrogen) atoms. The second-order valence-corrected chi connectivity index (χ2v) is 4.01. The Hall–Kier alpha value is -1.62. The zero-order valence-corrected chi connectivity index (χ0v) is 9.97. The van der Waals surface area contributed by atoms with Gasteiger partial charge in [-0.25, -0.2) is 4.98 Å². The third kappa shape index (κ3) is 3.86. The topological polar surface area (TPSA) is 62.5 Å². The number of rotatable bonds is 4. The van der Waals surface area contributed by atoms with Gasteiger partial charge in [-0.3, -0.25) is 9.69 Å². The van der Waals surface area contributed by atoms with Crippen molar-refractivity contribution in [2.75, 3.05) is 33.4 Å². The molecule has 0 aliphatic rings. The van der Waals surface area contributed by atoms with Gasteiger partial charge in [0.1, 0.15) is 5.82 Å². The zero-order chi connectivity index (χ0) is 12.1. The Bertz CT molecular complexity index is 365. The first-order valence-electron chi connectivity index (χ1n) is 5.09. The minimum absolute atomic E-state index is 0.0754. The molecule has 1 rings (SSSR count). The minimum atomic E-state index is 0.0754. The molecule has 0 saturated carbocycles. The molecule has 0 radical (unpaired) electrons. The predicted octanol–water partition coefficient (Wildman–Crippen LogP) is 0.184. The second-order valence-electron chi connectivity index (χ2n) is 4.01. The van der Waals surface area contributed by atoms with E-state index >= 15 is 0 Å². The number of nitrogens with two attached hydrogens (primary N) is 1. The lowest BCUT2D eigenvalue weighted by Gasteiger charge is -2.18. The Morgan fingerprint density at radius 1 is 1.38 bits per heavy atom. The number of pyridine rings is 1. The van der Waals surface area contributed by atoms with Crippen LogP contribution in [0.5, 0.6) is 0 Å². The Kier molecular flexibility index (Phi) is 4.25. The molecule has 5 heteroatoms. The van der Waals surface area contributed by atoms with E-state index in [2.05, 4.69) is 4.98 Å². The first-order valence-corrected chi connectivity index (χ1v) is 5.09. The van der Waals surface area contributed by atoms with Crippen LogP contribution in [0.25, 0.3) is 0 Å². The van der Waals surface area contributed by atoms with Crippen molar-refractivity contribution in [2.45, 2.75) is 6.54 Å². The Morgan fingerprint density at radius 3 is 2.62 bits per heavy atom. The molecule has 88 valence electrons.